The number of esters is 1. The second-order valence-electron chi connectivity index (χ2n) is 3.92. The Labute approximate surface area is 92.7 Å². The van der Waals surface area contributed by atoms with Gasteiger partial charge in [0.15, 0.2) is 5.70 Å². The van der Waals surface area contributed by atoms with Crippen molar-refractivity contribution in [3.05, 3.63) is 35.8 Å². The number of nitrogens with zero attached hydrogens (tertiary/aromatic N) is 2. The summed E-state index contributed by atoms with van der Waals surface area (Å²) in [6.07, 6.45) is 7.24. The molecule has 1 saturated carbocycles. The van der Waals surface area contributed by atoms with Gasteiger partial charge in [-0.1, -0.05) is 0 Å². The van der Waals surface area contributed by atoms with Gasteiger partial charge in [0.05, 0.1) is 0 Å². The Bertz CT molecular complexity index is 487. The van der Waals surface area contributed by atoms with E-state index in [9.17, 15) is 4.79 Å². The largest absolute Gasteiger partial charge is 0.406 e. The lowest BCUT2D eigenvalue weighted by Gasteiger charge is -1.92. The van der Waals surface area contributed by atoms with Gasteiger partial charge >= 0.3 is 5.97 Å². The number of cyclic esters (lactones) is 1. The van der Waals surface area contributed by atoms with E-state index in [1.807, 2.05) is 12.1 Å². The quantitative estimate of drug-likeness (QED) is 0.557. The summed E-state index contributed by atoms with van der Waals surface area (Å²) in [6, 6.07) is 3.65. The first-order valence-corrected chi connectivity index (χ1v) is 5.25. The first-order valence-electron chi connectivity index (χ1n) is 5.25. The molecule has 0 saturated heterocycles. The molecule has 4 nitrogen and oxygen atoms in total. The monoisotopic (exact) mass is 214 g/mol. The highest BCUT2D eigenvalue weighted by Crippen LogP contribution is 2.34. The van der Waals surface area contributed by atoms with Crippen LogP contribution in [0.25, 0.3) is 6.08 Å². The summed E-state index contributed by atoms with van der Waals surface area (Å²) in [7, 11) is 0. The van der Waals surface area contributed by atoms with Gasteiger partial charge in [-0.3, -0.25) is 4.98 Å². The lowest BCUT2D eigenvalue weighted by atomic mass is 10.2. The van der Waals surface area contributed by atoms with Crippen molar-refractivity contribution in [1.29, 1.82) is 0 Å². The SMILES string of the molecule is O=C1OC(C2CC2)=N/C1=C/c1ccncc1. The number of ether oxygens (including phenoxy) is 1. The summed E-state index contributed by atoms with van der Waals surface area (Å²) < 4.78 is 5.10. The molecule has 4 heteroatoms. The van der Waals surface area contributed by atoms with E-state index in [0.29, 0.717) is 17.5 Å². The minimum Gasteiger partial charge on any atom is -0.406 e. The van der Waals surface area contributed by atoms with E-state index in [1.54, 1.807) is 18.5 Å². The molecule has 1 aliphatic heterocycles. The predicted octanol–water partition coefficient (Wildman–Crippen LogP) is 1.79. The predicted molar refractivity (Wildman–Crippen MR) is 58.5 cm³/mol. The molecule has 2 aliphatic rings. The molecule has 0 aromatic carbocycles. The molecule has 16 heavy (non-hydrogen) atoms. The van der Waals surface area contributed by atoms with Crippen molar-refractivity contribution in [2.45, 2.75) is 12.8 Å². The van der Waals surface area contributed by atoms with Crippen molar-refractivity contribution in [3.63, 3.8) is 0 Å². The highest BCUT2D eigenvalue weighted by atomic mass is 16.6. The Morgan fingerprint density at radius 2 is 2.06 bits per heavy atom. The molecule has 0 radical (unpaired) electrons. The third kappa shape index (κ3) is 1.74. The van der Waals surface area contributed by atoms with Crippen LogP contribution in [0.3, 0.4) is 0 Å². The van der Waals surface area contributed by atoms with Gasteiger partial charge in [0, 0.05) is 18.3 Å². The third-order valence-electron chi connectivity index (χ3n) is 2.57. The van der Waals surface area contributed by atoms with E-state index in [0.717, 1.165) is 18.4 Å². The zero-order valence-corrected chi connectivity index (χ0v) is 8.59. The van der Waals surface area contributed by atoms with Gasteiger partial charge in [0.25, 0.3) is 0 Å². The van der Waals surface area contributed by atoms with Crippen molar-refractivity contribution in [3.8, 4) is 0 Å². The number of rotatable bonds is 2. The Morgan fingerprint density at radius 3 is 2.75 bits per heavy atom. The second kappa shape index (κ2) is 3.56. The van der Waals surface area contributed by atoms with Gasteiger partial charge in [0.1, 0.15) is 0 Å². The Hall–Kier alpha value is -1.97. The average Bonchev–Trinajstić information content (AvgIpc) is 3.07. The Morgan fingerprint density at radius 1 is 1.31 bits per heavy atom. The first kappa shape index (κ1) is 9.27. The number of hydrogen-bond donors (Lipinski definition) is 0. The van der Waals surface area contributed by atoms with Gasteiger partial charge in [-0.15, -0.1) is 0 Å². The summed E-state index contributed by atoms with van der Waals surface area (Å²) in [5, 5.41) is 0. The van der Waals surface area contributed by atoms with E-state index < -0.39 is 0 Å². The lowest BCUT2D eigenvalue weighted by molar-refractivity contribution is -0.130. The molecule has 80 valence electrons. The number of aromatic nitrogens is 1. The fraction of sp³-hybridized carbons (Fsp3) is 0.250. The van der Waals surface area contributed by atoms with Crippen molar-refractivity contribution in [1.82, 2.24) is 4.98 Å². The Balaban J connectivity index is 1.89. The third-order valence-corrected chi connectivity index (χ3v) is 2.57. The van der Waals surface area contributed by atoms with Crippen molar-refractivity contribution in [2.24, 2.45) is 10.9 Å². The summed E-state index contributed by atoms with van der Waals surface area (Å²) in [5.41, 5.74) is 1.29. The molecule has 0 amide bonds. The molecular weight excluding hydrogens is 204 g/mol. The molecule has 3 rings (SSSR count). The molecule has 1 aromatic rings. The highest BCUT2D eigenvalue weighted by Gasteiger charge is 2.35. The van der Waals surface area contributed by atoms with E-state index in [-0.39, 0.29) is 5.97 Å². The molecule has 1 fully saturated rings. The Kier molecular flexibility index (Phi) is 2.06. The van der Waals surface area contributed by atoms with Gasteiger partial charge in [-0.2, -0.15) is 0 Å². The fourth-order valence-electron chi connectivity index (χ4n) is 1.55. The minimum atomic E-state index is -0.348. The molecule has 0 spiro atoms. The summed E-state index contributed by atoms with van der Waals surface area (Å²) in [4.78, 5) is 19.6. The van der Waals surface area contributed by atoms with Crippen LogP contribution in [0.1, 0.15) is 18.4 Å². The normalized spacial score (nSPS) is 22.1. The van der Waals surface area contributed by atoms with Crippen LogP contribution in [0, 0.1) is 5.92 Å². The van der Waals surface area contributed by atoms with E-state index >= 15 is 0 Å². The standard InChI is InChI=1S/C12H10N2O2/c15-12-10(7-8-3-5-13-6-4-8)14-11(16-12)9-1-2-9/h3-7,9H,1-2H2/b10-7+. The van der Waals surface area contributed by atoms with Crippen LogP contribution < -0.4 is 0 Å². The topological polar surface area (TPSA) is 51.5 Å². The van der Waals surface area contributed by atoms with Gasteiger partial charge < -0.3 is 4.74 Å². The van der Waals surface area contributed by atoms with Gasteiger partial charge in [-0.05, 0) is 36.6 Å². The summed E-state index contributed by atoms with van der Waals surface area (Å²) >= 11 is 0. The number of hydrogen-bond acceptors (Lipinski definition) is 4. The van der Waals surface area contributed by atoms with E-state index in [4.69, 9.17) is 4.74 Å². The summed E-state index contributed by atoms with van der Waals surface area (Å²) in [5.74, 6) is 0.608. The fourth-order valence-corrected chi connectivity index (χ4v) is 1.55. The highest BCUT2D eigenvalue weighted by molar-refractivity contribution is 6.08. The van der Waals surface area contributed by atoms with Crippen molar-refractivity contribution in [2.75, 3.05) is 0 Å². The summed E-state index contributed by atoms with van der Waals surface area (Å²) in [6.45, 7) is 0. The average molecular weight is 214 g/mol. The van der Waals surface area contributed by atoms with Crippen molar-refractivity contribution >= 4 is 17.9 Å². The zero-order chi connectivity index (χ0) is 11.0. The van der Waals surface area contributed by atoms with Crippen LogP contribution in [0.2, 0.25) is 0 Å². The lowest BCUT2D eigenvalue weighted by Crippen LogP contribution is -2.05. The molecule has 2 heterocycles. The van der Waals surface area contributed by atoms with Crippen LogP contribution in [0.5, 0.6) is 0 Å². The van der Waals surface area contributed by atoms with Crippen LogP contribution in [-0.4, -0.2) is 16.9 Å². The number of carbonyl (C=O) groups is 1. The van der Waals surface area contributed by atoms with Crippen LogP contribution in [0.4, 0.5) is 0 Å². The molecule has 0 N–H and O–H groups in total. The zero-order valence-electron chi connectivity index (χ0n) is 8.59. The number of pyridine rings is 1. The second-order valence-corrected chi connectivity index (χ2v) is 3.92. The molecule has 1 aliphatic carbocycles. The maximum atomic E-state index is 11.5. The number of carbonyl (C=O) groups excluding carboxylic acids is 1. The van der Waals surface area contributed by atoms with E-state index in [1.165, 1.54) is 0 Å². The van der Waals surface area contributed by atoms with E-state index in [2.05, 4.69) is 9.98 Å². The molecular formula is C12H10N2O2. The molecule has 0 bridgehead atoms. The van der Waals surface area contributed by atoms with Gasteiger partial charge in [0.2, 0.25) is 5.90 Å². The van der Waals surface area contributed by atoms with Crippen LogP contribution in [-0.2, 0) is 9.53 Å². The van der Waals surface area contributed by atoms with Gasteiger partial charge in [-0.25, -0.2) is 9.79 Å². The molecule has 1 aromatic heterocycles. The molecule has 0 atom stereocenters. The smallest absolute Gasteiger partial charge is 0.363 e. The number of aliphatic imine (C=N–C) groups is 1. The maximum absolute atomic E-state index is 11.5. The van der Waals surface area contributed by atoms with Crippen LogP contribution in [0.15, 0.2) is 35.2 Å². The minimum absolute atomic E-state index is 0.348. The maximum Gasteiger partial charge on any atom is 0.363 e. The first-order chi connectivity index (χ1) is 7.83. The van der Waals surface area contributed by atoms with Crippen molar-refractivity contribution < 1.29 is 9.53 Å². The van der Waals surface area contributed by atoms with Crippen LogP contribution >= 0.6 is 0 Å². The molecule has 0 unspecified atom stereocenters.